The Bertz CT molecular complexity index is 372. The van der Waals surface area contributed by atoms with E-state index in [1.165, 1.54) is 0 Å². The van der Waals surface area contributed by atoms with E-state index >= 15 is 0 Å². The number of aryl methyl sites for hydroxylation is 1. The highest BCUT2D eigenvalue weighted by Crippen LogP contribution is 2.17. The predicted molar refractivity (Wildman–Crippen MR) is 59.4 cm³/mol. The second kappa shape index (κ2) is 5.65. The third-order valence-electron chi connectivity index (χ3n) is 2.56. The molecule has 2 N–H and O–H groups in total. The van der Waals surface area contributed by atoms with Crippen LogP contribution < -0.4 is 0 Å². The van der Waals surface area contributed by atoms with Gasteiger partial charge in [0.2, 0.25) is 0 Å². The molecule has 5 nitrogen and oxygen atoms in total. The quantitative estimate of drug-likeness (QED) is 0.746. The lowest BCUT2D eigenvalue weighted by Crippen LogP contribution is -2.09. The minimum absolute atomic E-state index is 0.0117. The molecule has 90 valence electrons. The van der Waals surface area contributed by atoms with Gasteiger partial charge in [0, 0.05) is 11.3 Å². The van der Waals surface area contributed by atoms with E-state index < -0.39 is 5.97 Å². The van der Waals surface area contributed by atoms with Gasteiger partial charge in [-0.1, -0.05) is 13.8 Å². The molecule has 0 atom stereocenters. The molecule has 1 aromatic rings. The Labute approximate surface area is 94.7 Å². The van der Waals surface area contributed by atoms with Crippen molar-refractivity contribution in [1.29, 1.82) is 0 Å². The molecule has 0 aliphatic carbocycles. The molecule has 0 radical (unpaired) electrons. The van der Waals surface area contributed by atoms with E-state index in [9.17, 15) is 4.79 Å². The normalized spacial score (nSPS) is 10.7. The van der Waals surface area contributed by atoms with Crippen LogP contribution in [-0.4, -0.2) is 32.6 Å². The van der Waals surface area contributed by atoms with Crippen LogP contribution in [0.25, 0.3) is 0 Å². The number of hydrogen-bond acceptors (Lipinski definition) is 3. The van der Waals surface area contributed by atoms with Crippen LogP contribution in [0.3, 0.4) is 0 Å². The number of carboxylic acids is 1. The summed E-state index contributed by atoms with van der Waals surface area (Å²) in [4.78, 5) is 10.8. The van der Waals surface area contributed by atoms with Crippen molar-refractivity contribution in [2.24, 2.45) is 0 Å². The van der Waals surface area contributed by atoms with E-state index in [0.717, 1.165) is 23.4 Å². The van der Waals surface area contributed by atoms with Crippen molar-refractivity contribution in [2.75, 3.05) is 6.61 Å². The summed E-state index contributed by atoms with van der Waals surface area (Å²) in [7, 11) is 0. The number of aliphatic hydroxyl groups excluding tert-OH is 1. The first-order valence-electron chi connectivity index (χ1n) is 5.54. The fourth-order valence-electron chi connectivity index (χ4n) is 1.90. The molecule has 0 unspecified atom stereocenters. The molecule has 0 fully saturated rings. The maximum Gasteiger partial charge on any atom is 0.307 e. The molecule has 1 aromatic heterocycles. The van der Waals surface area contributed by atoms with Gasteiger partial charge in [0.05, 0.1) is 25.3 Å². The zero-order chi connectivity index (χ0) is 12.1. The third kappa shape index (κ3) is 2.61. The number of aliphatic hydroxyl groups is 1. The molecule has 16 heavy (non-hydrogen) atoms. The average Bonchev–Trinajstić information content (AvgIpc) is 2.55. The van der Waals surface area contributed by atoms with Crippen LogP contribution in [0.2, 0.25) is 0 Å². The molecule has 0 spiro atoms. The standard InChI is InChI=1S/C11H18N2O3/c1-3-9-8(7-11(15)16)10(4-2)13(12-9)5-6-14/h14H,3-7H2,1-2H3,(H,15,16). The Morgan fingerprint density at radius 2 is 2.06 bits per heavy atom. The van der Waals surface area contributed by atoms with E-state index in [4.69, 9.17) is 10.2 Å². The predicted octanol–water partition coefficient (Wildman–Crippen LogP) is 0.627. The van der Waals surface area contributed by atoms with Crippen LogP contribution in [0.15, 0.2) is 0 Å². The zero-order valence-electron chi connectivity index (χ0n) is 9.73. The van der Waals surface area contributed by atoms with Crippen LogP contribution in [0.4, 0.5) is 0 Å². The van der Waals surface area contributed by atoms with Gasteiger partial charge in [0.25, 0.3) is 0 Å². The average molecular weight is 226 g/mol. The van der Waals surface area contributed by atoms with Gasteiger partial charge < -0.3 is 10.2 Å². The van der Waals surface area contributed by atoms with Crippen molar-refractivity contribution in [3.05, 3.63) is 17.0 Å². The molecule has 0 saturated heterocycles. The first-order valence-corrected chi connectivity index (χ1v) is 5.54. The van der Waals surface area contributed by atoms with Crippen molar-refractivity contribution in [1.82, 2.24) is 9.78 Å². The largest absolute Gasteiger partial charge is 0.481 e. The topological polar surface area (TPSA) is 75.3 Å². The van der Waals surface area contributed by atoms with Crippen molar-refractivity contribution in [3.63, 3.8) is 0 Å². The summed E-state index contributed by atoms with van der Waals surface area (Å²) in [6.45, 7) is 4.37. The molecule has 0 aromatic carbocycles. The van der Waals surface area contributed by atoms with Crippen molar-refractivity contribution in [3.8, 4) is 0 Å². The number of aromatic nitrogens is 2. The minimum Gasteiger partial charge on any atom is -0.481 e. The summed E-state index contributed by atoms with van der Waals surface area (Å²) in [5, 5.41) is 22.1. The molecule has 0 saturated carbocycles. The number of rotatable bonds is 6. The van der Waals surface area contributed by atoms with Crippen LogP contribution in [0, 0.1) is 0 Å². The molecule has 1 heterocycles. The van der Waals surface area contributed by atoms with Crippen molar-refractivity contribution in [2.45, 2.75) is 39.7 Å². The first-order chi connectivity index (χ1) is 7.63. The summed E-state index contributed by atoms with van der Waals surface area (Å²) in [6, 6.07) is 0. The molecule has 0 amide bonds. The van der Waals surface area contributed by atoms with Gasteiger partial charge in [-0.05, 0) is 12.8 Å². The number of carbonyl (C=O) groups is 1. The first kappa shape index (κ1) is 12.7. The summed E-state index contributed by atoms with van der Waals surface area (Å²) in [5.41, 5.74) is 2.56. The van der Waals surface area contributed by atoms with Gasteiger partial charge in [-0.25, -0.2) is 0 Å². The smallest absolute Gasteiger partial charge is 0.307 e. The Kier molecular flexibility index (Phi) is 4.49. The Morgan fingerprint density at radius 3 is 2.50 bits per heavy atom. The molecule has 0 bridgehead atoms. The summed E-state index contributed by atoms with van der Waals surface area (Å²) < 4.78 is 1.72. The number of carboxylic acid groups (broad SMARTS) is 1. The summed E-state index contributed by atoms with van der Waals surface area (Å²) in [5.74, 6) is -0.840. The van der Waals surface area contributed by atoms with E-state index in [1.807, 2.05) is 13.8 Å². The van der Waals surface area contributed by atoms with Crippen molar-refractivity contribution < 1.29 is 15.0 Å². The van der Waals surface area contributed by atoms with Crippen LogP contribution >= 0.6 is 0 Å². The fourth-order valence-corrected chi connectivity index (χ4v) is 1.90. The van der Waals surface area contributed by atoms with Crippen LogP contribution in [0.5, 0.6) is 0 Å². The van der Waals surface area contributed by atoms with Gasteiger partial charge in [-0.3, -0.25) is 9.48 Å². The number of hydrogen-bond donors (Lipinski definition) is 2. The Balaban J connectivity index is 3.14. The Hall–Kier alpha value is -1.36. The lowest BCUT2D eigenvalue weighted by Gasteiger charge is -2.04. The molecular weight excluding hydrogens is 208 g/mol. The maximum atomic E-state index is 10.8. The van der Waals surface area contributed by atoms with E-state index in [2.05, 4.69) is 5.10 Å². The van der Waals surface area contributed by atoms with Crippen LogP contribution in [0.1, 0.15) is 30.8 Å². The van der Waals surface area contributed by atoms with E-state index in [0.29, 0.717) is 13.0 Å². The molecule has 0 aliphatic rings. The highest BCUT2D eigenvalue weighted by molar-refractivity contribution is 5.71. The fraction of sp³-hybridized carbons (Fsp3) is 0.636. The van der Waals surface area contributed by atoms with Gasteiger partial charge in [-0.2, -0.15) is 5.10 Å². The third-order valence-corrected chi connectivity index (χ3v) is 2.56. The SMILES string of the molecule is CCc1nn(CCO)c(CC)c1CC(=O)O. The van der Waals surface area contributed by atoms with Gasteiger partial charge in [0.15, 0.2) is 0 Å². The van der Waals surface area contributed by atoms with Crippen molar-refractivity contribution >= 4 is 5.97 Å². The Morgan fingerprint density at radius 1 is 1.38 bits per heavy atom. The highest BCUT2D eigenvalue weighted by atomic mass is 16.4. The lowest BCUT2D eigenvalue weighted by molar-refractivity contribution is -0.136. The molecule has 5 heteroatoms. The second-order valence-corrected chi connectivity index (χ2v) is 3.60. The number of nitrogens with zero attached hydrogens (tertiary/aromatic N) is 2. The maximum absolute atomic E-state index is 10.8. The number of aliphatic carboxylic acids is 1. The molecule has 0 aliphatic heterocycles. The van der Waals surface area contributed by atoms with E-state index in [1.54, 1.807) is 4.68 Å². The zero-order valence-corrected chi connectivity index (χ0v) is 9.73. The van der Waals surface area contributed by atoms with Crippen LogP contribution in [-0.2, 0) is 30.6 Å². The van der Waals surface area contributed by atoms with Gasteiger partial charge in [0.1, 0.15) is 0 Å². The van der Waals surface area contributed by atoms with Gasteiger partial charge >= 0.3 is 5.97 Å². The van der Waals surface area contributed by atoms with E-state index in [-0.39, 0.29) is 13.0 Å². The minimum atomic E-state index is -0.840. The second-order valence-electron chi connectivity index (χ2n) is 3.60. The monoisotopic (exact) mass is 226 g/mol. The highest BCUT2D eigenvalue weighted by Gasteiger charge is 2.17. The lowest BCUT2D eigenvalue weighted by atomic mass is 10.1. The molecule has 1 rings (SSSR count). The summed E-state index contributed by atoms with van der Waals surface area (Å²) in [6.07, 6.45) is 1.46. The molecular formula is C11H18N2O3. The summed E-state index contributed by atoms with van der Waals surface area (Å²) >= 11 is 0. The van der Waals surface area contributed by atoms with Gasteiger partial charge in [-0.15, -0.1) is 0 Å².